The van der Waals surface area contributed by atoms with E-state index in [9.17, 15) is 4.79 Å². The average Bonchev–Trinajstić information content (AvgIpc) is 2.44. The fourth-order valence-electron chi connectivity index (χ4n) is 1.50. The summed E-state index contributed by atoms with van der Waals surface area (Å²) in [5.74, 6) is 1.90. The van der Waals surface area contributed by atoms with E-state index >= 15 is 0 Å². The Bertz CT molecular complexity index is 266. The molecule has 20 heavy (non-hydrogen) atoms. The molecule has 7 heteroatoms. The van der Waals surface area contributed by atoms with E-state index in [0.29, 0.717) is 6.42 Å². The topological polar surface area (TPSA) is 62.7 Å². The molecule has 0 saturated heterocycles. The second-order valence-electron chi connectivity index (χ2n) is 4.16. The van der Waals surface area contributed by atoms with Gasteiger partial charge in [-0.05, 0) is 37.7 Å². The Hall–Kier alpha value is -0.180. The van der Waals surface area contributed by atoms with Gasteiger partial charge >= 0.3 is 5.97 Å². The molecule has 0 aliphatic carbocycles. The average molecular weight is 417 g/mol. The van der Waals surface area contributed by atoms with E-state index in [1.165, 1.54) is 19.3 Å². The summed E-state index contributed by atoms with van der Waals surface area (Å²) in [7, 11) is 3.19. The molecule has 0 bridgehead atoms. The molecule has 0 spiro atoms. The van der Waals surface area contributed by atoms with Gasteiger partial charge in [-0.25, -0.2) is 0 Å². The number of thioether (sulfide) groups is 1. The first-order valence-corrected chi connectivity index (χ1v) is 8.14. The van der Waals surface area contributed by atoms with Gasteiger partial charge in [-0.15, -0.1) is 24.0 Å². The van der Waals surface area contributed by atoms with Crippen molar-refractivity contribution in [2.24, 2.45) is 4.99 Å². The molecule has 0 aromatic carbocycles. The Kier molecular flexibility index (Phi) is 18.7. The van der Waals surface area contributed by atoms with Crippen LogP contribution < -0.4 is 10.6 Å². The highest BCUT2D eigenvalue weighted by Gasteiger charge is 2.00. The lowest BCUT2D eigenvalue weighted by atomic mass is 10.2. The van der Waals surface area contributed by atoms with Gasteiger partial charge in [0.2, 0.25) is 0 Å². The second-order valence-corrected chi connectivity index (χ2v) is 5.14. The number of guanidine groups is 1. The summed E-state index contributed by atoms with van der Waals surface area (Å²) in [5.41, 5.74) is 0. The van der Waals surface area contributed by atoms with Crippen molar-refractivity contribution in [1.82, 2.24) is 10.6 Å². The Morgan fingerprint density at radius 3 is 2.25 bits per heavy atom. The highest BCUT2D eigenvalue weighted by molar-refractivity contribution is 14.0. The minimum absolute atomic E-state index is 0. The highest BCUT2D eigenvalue weighted by Crippen LogP contribution is 1.98. The smallest absolute Gasteiger partial charge is 0.305 e. The number of methoxy groups -OCH3 is 1. The van der Waals surface area contributed by atoms with Gasteiger partial charge < -0.3 is 15.4 Å². The Labute approximate surface area is 144 Å². The van der Waals surface area contributed by atoms with E-state index < -0.39 is 0 Å². The number of carbonyl (C=O) groups excluding carboxylic acids is 1. The third kappa shape index (κ3) is 14.2. The second kappa shape index (κ2) is 16.9. The van der Waals surface area contributed by atoms with E-state index in [1.54, 1.807) is 7.05 Å². The van der Waals surface area contributed by atoms with Gasteiger partial charge in [-0.2, -0.15) is 11.8 Å². The van der Waals surface area contributed by atoms with Crippen molar-refractivity contribution < 1.29 is 9.53 Å². The maximum absolute atomic E-state index is 10.9. The van der Waals surface area contributed by atoms with Crippen molar-refractivity contribution in [2.45, 2.75) is 32.1 Å². The fourth-order valence-corrected chi connectivity index (χ4v) is 1.99. The van der Waals surface area contributed by atoms with Gasteiger partial charge in [-0.1, -0.05) is 0 Å². The number of unbranched alkanes of at least 4 members (excludes halogenated alkanes) is 2. The number of hydrogen-bond acceptors (Lipinski definition) is 4. The van der Waals surface area contributed by atoms with Crippen molar-refractivity contribution >= 4 is 47.7 Å². The van der Waals surface area contributed by atoms with Crippen LogP contribution >= 0.6 is 35.7 Å². The SMILES string of the molecule is CN=C(NCCCCSC)NCCCCC(=O)OC.I. The molecule has 0 fully saturated rings. The van der Waals surface area contributed by atoms with Crippen LogP contribution in [0.2, 0.25) is 0 Å². The Balaban J connectivity index is 0. The van der Waals surface area contributed by atoms with Gasteiger partial charge in [0, 0.05) is 26.6 Å². The molecule has 0 aliphatic heterocycles. The number of rotatable bonds is 10. The van der Waals surface area contributed by atoms with Gasteiger partial charge in [0.15, 0.2) is 5.96 Å². The van der Waals surface area contributed by atoms with Crippen molar-refractivity contribution in [2.75, 3.05) is 39.3 Å². The number of carbonyl (C=O) groups is 1. The molecule has 2 N–H and O–H groups in total. The predicted molar refractivity (Wildman–Crippen MR) is 98.3 cm³/mol. The largest absolute Gasteiger partial charge is 0.469 e. The molecule has 0 unspecified atom stereocenters. The van der Waals surface area contributed by atoms with Crippen LogP contribution in [0.5, 0.6) is 0 Å². The normalized spacial score (nSPS) is 10.7. The van der Waals surface area contributed by atoms with Gasteiger partial charge in [0.05, 0.1) is 7.11 Å². The lowest BCUT2D eigenvalue weighted by molar-refractivity contribution is -0.140. The predicted octanol–water partition coefficient (Wildman–Crippen LogP) is 2.26. The molecule has 0 rings (SSSR count). The molecule has 0 aromatic heterocycles. The minimum atomic E-state index is -0.142. The molecule has 0 aromatic rings. The molecule has 5 nitrogen and oxygen atoms in total. The van der Waals surface area contributed by atoms with Crippen LogP contribution in [0.1, 0.15) is 32.1 Å². The highest BCUT2D eigenvalue weighted by atomic mass is 127. The zero-order chi connectivity index (χ0) is 14.3. The summed E-state index contributed by atoms with van der Waals surface area (Å²) in [4.78, 5) is 15.1. The number of halogens is 1. The van der Waals surface area contributed by atoms with E-state index in [0.717, 1.165) is 38.3 Å². The molecule has 0 saturated carbocycles. The summed E-state index contributed by atoms with van der Waals surface area (Å²) < 4.78 is 4.59. The molecular formula is C13H28IN3O2S. The third-order valence-electron chi connectivity index (χ3n) is 2.62. The van der Waals surface area contributed by atoms with E-state index in [-0.39, 0.29) is 29.9 Å². The van der Waals surface area contributed by atoms with E-state index in [4.69, 9.17) is 0 Å². The molecule has 0 heterocycles. The summed E-state index contributed by atoms with van der Waals surface area (Å²) in [5, 5.41) is 6.51. The molecule has 0 radical (unpaired) electrons. The maximum atomic E-state index is 10.9. The van der Waals surface area contributed by atoms with Crippen molar-refractivity contribution in [1.29, 1.82) is 0 Å². The van der Waals surface area contributed by atoms with Crippen LogP contribution in [0.4, 0.5) is 0 Å². The van der Waals surface area contributed by atoms with E-state index in [1.807, 2.05) is 11.8 Å². The van der Waals surface area contributed by atoms with Gasteiger partial charge in [-0.3, -0.25) is 9.79 Å². The summed E-state index contributed by atoms with van der Waals surface area (Å²) in [6, 6.07) is 0. The van der Waals surface area contributed by atoms with Gasteiger partial charge in [0.1, 0.15) is 0 Å². The molecule has 0 atom stereocenters. The summed E-state index contributed by atoms with van der Waals surface area (Å²) in [6.07, 6.45) is 6.77. The molecular weight excluding hydrogens is 389 g/mol. The van der Waals surface area contributed by atoms with Crippen LogP contribution in [0.3, 0.4) is 0 Å². The zero-order valence-corrected chi connectivity index (χ0v) is 15.9. The number of nitrogens with zero attached hydrogens (tertiary/aromatic N) is 1. The van der Waals surface area contributed by atoms with Crippen molar-refractivity contribution in [3.05, 3.63) is 0 Å². The van der Waals surface area contributed by atoms with Crippen molar-refractivity contribution in [3.8, 4) is 0 Å². The van der Waals surface area contributed by atoms with E-state index in [2.05, 4.69) is 26.6 Å². The van der Waals surface area contributed by atoms with Crippen LogP contribution in [-0.4, -0.2) is 51.2 Å². The number of esters is 1. The molecule has 0 aliphatic rings. The van der Waals surface area contributed by atoms with Crippen LogP contribution in [0, 0.1) is 0 Å². The molecule has 120 valence electrons. The Morgan fingerprint density at radius 1 is 1.15 bits per heavy atom. The quantitative estimate of drug-likeness (QED) is 0.188. The number of aliphatic imine (C=N–C) groups is 1. The third-order valence-corrected chi connectivity index (χ3v) is 3.32. The number of ether oxygens (including phenoxy) is 1. The monoisotopic (exact) mass is 417 g/mol. The first-order chi connectivity index (χ1) is 9.24. The number of nitrogens with one attached hydrogen (secondary N) is 2. The number of hydrogen-bond donors (Lipinski definition) is 2. The van der Waals surface area contributed by atoms with Gasteiger partial charge in [0.25, 0.3) is 0 Å². The first kappa shape index (κ1) is 22.1. The summed E-state index contributed by atoms with van der Waals surface area (Å²) in [6.45, 7) is 1.77. The van der Waals surface area contributed by atoms with Crippen LogP contribution in [0.15, 0.2) is 4.99 Å². The van der Waals surface area contributed by atoms with Crippen LogP contribution in [-0.2, 0) is 9.53 Å². The standard InChI is InChI=1S/C13H27N3O2S.HI/c1-14-13(16-10-6-7-11-19-3)15-9-5-4-8-12(17)18-2;/h4-11H2,1-3H3,(H2,14,15,16);1H. The minimum Gasteiger partial charge on any atom is -0.469 e. The van der Waals surface area contributed by atoms with Crippen molar-refractivity contribution in [3.63, 3.8) is 0 Å². The fraction of sp³-hybridized carbons (Fsp3) is 0.846. The summed E-state index contributed by atoms with van der Waals surface area (Å²) >= 11 is 1.88. The zero-order valence-electron chi connectivity index (χ0n) is 12.7. The Morgan fingerprint density at radius 2 is 1.75 bits per heavy atom. The maximum Gasteiger partial charge on any atom is 0.305 e. The first-order valence-electron chi connectivity index (χ1n) is 6.74. The lowest BCUT2D eigenvalue weighted by Gasteiger charge is -2.11. The molecule has 0 amide bonds. The van der Waals surface area contributed by atoms with Crippen LogP contribution in [0.25, 0.3) is 0 Å². The lowest BCUT2D eigenvalue weighted by Crippen LogP contribution is -2.38.